The third kappa shape index (κ3) is 3.39. The van der Waals surface area contributed by atoms with Crippen molar-refractivity contribution in [2.45, 2.75) is 27.7 Å². The Morgan fingerprint density at radius 2 is 1.43 bits per heavy atom. The molecule has 0 radical (unpaired) electrons. The average Bonchev–Trinajstić information content (AvgIpc) is 2.76. The molecule has 0 amide bonds. The van der Waals surface area contributed by atoms with Gasteiger partial charge in [0.05, 0.1) is 7.11 Å². The van der Waals surface area contributed by atoms with E-state index in [0.29, 0.717) is 5.56 Å². The van der Waals surface area contributed by atoms with Crippen molar-refractivity contribution >= 4 is 16.6 Å². The van der Waals surface area contributed by atoms with E-state index in [2.05, 4.69) is 70.2 Å². The summed E-state index contributed by atoms with van der Waals surface area (Å²) in [5.74, 6) is 0.769. The minimum atomic E-state index is 0.0275. The minimum absolute atomic E-state index is 0.0275. The predicted molar refractivity (Wildman–Crippen MR) is 125 cm³/mol. The number of rotatable bonds is 4. The van der Waals surface area contributed by atoms with Crippen LogP contribution in [0.2, 0.25) is 0 Å². The number of aryl methyl sites for hydroxylation is 2. The number of carbonyl (C=O) groups is 1. The van der Waals surface area contributed by atoms with Gasteiger partial charge in [0.15, 0.2) is 5.78 Å². The van der Waals surface area contributed by atoms with Crippen LogP contribution in [-0.4, -0.2) is 12.9 Å². The van der Waals surface area contributed by atoms with Crippen molar-refractivity contribution in [2.24, 2.45) is 0 Å². The van der Waals surface area contributed by atoms with E-state index in [1.54, 1.807) is 7.11 Å². The van der Waals surface area contributed by atoms with E-state index in [1.807, 2.05) is 24.3 Å². The zero-order valence-corrected chi connectivity index (χ0v) is 18.2. The van der Waals surface area contributed by atoms with Crippen LogP contribution in [0.5, 0.6) is 5.75 Å². The first-order valence-corrected chi connectivity index (χ1v) is 10.2. The van der Waals surface area contributed by atoms with E-state index in [1.165, 1.54) is 22.3 Å². The van der Waals surface area contributed by atoms with Crippen molar-refractivity contribution in [1.82, 2.24) is 0 Å². The molecule has 0 saturated heterocycles. The van der Waals surface area contributed by atoms with Gasteiger partial charge in [0.25, 0.3) is 0 Å². The van der Waals surface area contributed by atoms with Crippen LogP contribution in [-0.2, 0) is 0 Å². The Balaban J connectivity index is 2.01. The van der Waals surface area contributed by atoms with Gasteiger partial charge in [0, 0.05) is 11.1 Å². The lowest BCUT2D eigenvalue weighted by atomic mass is 9.86. The quantitative estimate of drug-likeness (QED) is 0.349. The van der Waals surface area contributed by atoms with Crippen LogP contribution >= 0.6 is 0 Å². The largest absolute Gasteiger partial charge is 0.497 e. The average molecular weight is 395 g/mol. The fourth-order valence-electron chi connectivity index (χ4n) is 4.05. The topological polar surface area (TPSA) is 26.3 Å². The zero-order chi connectivity index (χ0) is 21.4. The molecule has 0 bridgehead atoms. The molecule has 2 heteroatoms. The molecular formula is C28H26O2. The van der Waals surface area contributed by atoms with Crippen molar-refractivity contribution in [3.63, 3.8) is 0 Å². The molecule has 0 saturated carbocycles. The Morgan fingerprint density at radius 3 is 2.13 bits per heavy atom. The number of ketones is 1. The molecule has 0 aliphatic heterocycles. The molecular weight excluding hydrogens is 368 g/mol. The summed E-state index contributed by atoms with van der Waals surface area (Å²) in [4.78, 5) is 13.8. The SMILES string of the molecule is COc1ccc(C(=O)c2c(-c3ccc(C)c(C)c3C)ccc3cc(C)ccc23)cc1. The number of hydrogen-bond donors (Lipinski definition) is 0. The van der Waals surface area contributed by atoms with Gasteiger partial charge in [0.1, 0.15) is 5.75 Å². The molecule has 0 heterocycles. The highest BCUT2D eigenvalue weighted by molar-refractivity contribution is 6.20. The van der Waals surface area contributed by atoms with E-state index in [0.717, 1.165) is 33.2 Å². The summed E-state index contributed by atoms with van der Waals surface area (Å²) in [6, 6.07) is 22.1. The fourth-order valence-corrected chi connectivity index (χ4v) is 4.05. The normalized spacial score (nSPS) is 11.0. The predicted octanol–water partition coefficient (Wildman–Crippen LogP) is 6.98. The van der Waals surface area contributed by atoms with Crippen LogP contribution in [0.4, 0.5) is 0 Å². The monoisotopic (exact) mass is 394 g/mol. The van der Waals surface area contributed by atoms with E-state index >= 15 is 0 Å². The number of fused-ring (bicyclic) bond motifs is 1. The number of ether oxygens (including phenoxy) is 1. The minimum Gasteiger partial charge on any atom is -0.497 e. The summed E-state index contributed by atoms with van der Waals surface area (Å²) in [5.41, 5.74) is 8.42. The number of methoxy groups -OCH3 is 1. The molecule has 0 unspecified atom stereocenters. The highest BCUT2D eigenvalue weighted by Crippen LogP contribution is 2.36. The zero-order valence-electron chi connectivity index (χ0n) is 18.2. The highest BCUT2D eigenvalue weighted by Gasteiger charge is 2.20. The second-order valence-electron chi connectivity index (χ2n) is 7.95. The second-order valence-corrected chi connectivity index (χ2v) is 7.95. The Labute approximate surface area is 178 Å². The Morgan fingerprint density at radius 1 is 0.733 bits per heavy atom. The summed E-state index contributed by atoms with van der Waals surface area (Å²) in [6.07, 6.45) is 0. The first kappa shape index (κ1) is 19.9. The summed E-state index contributed by atoms with van der Waals surface area (Å²) in [5, 5.41) is 2.06. The van der Waals surface area contributed by atoms with E-state index < -0.39 is 0 Å². The molecule has 0 N–H and O–H groups in total. The third-order valence-electron chi connectivity index (χ3n) is 6.10. The molecule has 0 fully saturated rings. The Hall–Kier alpha value is -3.39. The Kier molecular flexibility index (Phi) is 5.17. The molecule has 0 spiro atoms. The van der Waals surface area contributed by atoms with Gasteiger partial charge in [0.2, 0.25) is 0 Å². The molecule has 4 rings (SSSR count). The first-order valence-electron chi connectivity index (χ1n) is 10.2. The van der Waals surface area contributed by atoms with Crippen molar-refractivity contribution in [2.75, 3.05) is 7.11 Å². The molecule has 0 atom stereocenters. The van der Waals surface area contributed by atoms with Crippen molar-refractivity contribution < 1.29 is 9.53 Å². The number of carbonyl (C=O) groups excluding carboxylic acids is 1. The number of benzene rings is 4. The van der Waals surface area contributed by atoms with Crippen molar-refractivity contribution in [3.05, 3.63) is 100 Å². The van der Waals surface area contributed by atoms with Crippen LogP contribution < -0.4 is 4.74 Å². The van der Waals surface area contributed by atoms with Gasteiger partial charge in [-0.25, -0.2) is 0 Å². The first-order chi connectivity index (χ1) is 14.4. The van der Waals surface area contributed by atoms with E-state index in [9.17, 15) is 4.79 Å². The molecule has 0 aromatic heterocycles. The van der Waals surface area contributed by atoms with Gasteiger partial charge in [-0.05, 0) is 90.6 Å². The van der Waals surface area contributed by atoms with Crippen LogP contribution in [0.15, 0.2) is 66.7 Å². The maximum absolute atomic E-state index is 13.8. The van der Waals surface area contributed by atoms with Crippen LogP contribution in [0.3, 0.4) is 0 Å². The molecule has 4 aromatic carbocycles. The summed E-state index contributed by atoms with van der Waals surface area (Å²) < 4.78 is 5.26. The van der Waals surface area contributed by atoms with Gasteiger partial charge < -0.3 is 4.74 Å². The van der Waals surface area contributed by atoms with Gasteiger partial charge in [-0.15, -0.1) is 0 Å². The number of hydrogen-bond acceptors (Lipinski definition) is 2. The lowest BCUT2D eigenvalue weighted by molar-refractivity contribution is 0.104. The standard InChI is InChI=1S/C28H26O2/c1-17-6-13-25-22(16-17)10-15-26(24-14-7-18(2)19(3)20(24)4)27(25)28(29)21-8-11-23(30-5)12-9-21/h6-16H,1-5H3. The van der Waals surface area contributed by atoms with Crippen molar-refractivity contribution in [1.29, 1.82) is 0 Å². The van der Waals surface area contributed by atoms with Gasteiger partial charge in [-0.1, -0.05) is 48.0 Å². The van der Waals surface area contributed by atoms with Crippen LogP contribution in [0.1, 0.15) is 38.2 Å². The smallest absolute Gasteiger partial charge is 0.194 e. The molecule has 0 aliphatic carbocycles. The van der Waals surface area contributed by atoms with Crippen LogP contribution in [0, 0.1) is 27.7 Å². The molecule has 2 nitrogen and oxygen atoms in total. The van der Waals surface area contributed by atoms with Gasteiger partial charge in [-0.2, -0.15) is 0 Å². The van der Waals surface area contributed by atoms with Crippen molar-refractivity contribution in [3.8, 4) is 16.9 Å². The lowest BCUT2D eigenvalue weighted by Gasteiger charge is -2.17. The van der Waals surface area contributed by atoms with Crippen LogP contribution in [0.25, 0.3) is 21.9 Å². The molecule has 150 valence electrons. The third-order valence-corrected chi connectivity index (χ3v) is 6.10. The highest BCUT2D eigenvalue weighted by atomic mass is 16.5. The van der Waals surface area contributed by atoms with E-state index in [-0.39, 0.29) is 5.78 Å². The maximum Gasteiger partial charge on any atom is 0.194 e. The summed E-state index contributed by atoms with van der Waals surface area (Å²) >= 11 is 0. The summed E-state index contributed by atoms with van der Waals surface area (Å²) in [7, 11) is 1.63. The van der Waals surface area contributed by atoms with E-state index in [4.69, 9.17) is 4.74 Å². The fraction of sp³-hybridized carbons (Fsp3) is 0.179. The second kappa shape index (κ2) is 7.79. The molecule has 0 aliphatic rings. The Bertz CT molecular complexity index is 1260. The lowest BCUT2D eigenvalue weighted by Crippen LogP contribution is -2.06. The van der Waals surface area contributed by atoms with Gasteiger partial charge >= 0.3 is 0 Å². The molecule has 30 heavy (non-hydrogen) atoms. The summed E-state index contributed by atoms with van der Waals surface area (Å²) in [6.45, 7) is 8.48. The molecule has 4 aromatic rings. The maximum atomic E-state index is 13.8. The van der Waals surface area contributed by atoms with Gasteiger partial charge in [-0.3, -0.25) is 4.79 Å².